The Bertz CT molecular complexity index is 1240. The van der Waals surface area contributed by atoms with E-state index in [1.54, 1.807) is 11.8 Å². The van der Waals surface area contributed by atoms with E-state index in [1.807, 2.05) is 72.8 Å². The van der Waals surface area contributed by atoms with Crippen LogP contribution in [0.4, 0.5) is 10.5 Å². The largest absolute Gasteiger partial charge is 0.325 e. The maximum atomic E-state index is 13.6. The Balaban J connectivity index is 1.41. The molecule has 1 atom stereocenters. The summed E-state index contributed by atoms with van der Waals surface area (Å²) >= 11 is 0. The molecule has 4 amide bonds. The Morgan fingerprint density at radius 2 is 1.62 bits per heavy atom. The van der Waals surface area contributed by atoms with Gasteiger partial charge in [0, 0.05) is 11.7 Å². The second-order valence-electron chi connectivity index (χ2n) is 9.40. The summed E-state index contributed by atoms with van der Waals surface area (Å²) in [6.07, 6.45) is 5.17. The molecule has 0 aromatic heterocycles. The Kier molecular flexibility index (Phi) is 5.82. The van der Waals surface area contributed by atoms with Crippen LogP contribution in [0.3, 0.4) is 0 Å². The van der Waals surface area contributed by atoms with E-state index in [0.717, 1.165) is 47.0 Å². The van der Waals surface area contributed by atoms with Crippen LogP contribution >= 0.6 is 0 Å². The molecule has 5 rings (SSSR count). The van der Waals surface area contributed by atoms with Crippen LogP contribution in [0.2, 0.25) is 0 Å². The molecule has 2 fully saturated rings. The van der Waals surface area contributed by atoms with Crippen molar-refractivity contribution >= 4 is 34.3 Å². The van der Waals surface area contributed by atoms with Crippen LogP contribution < -0.4 is 10.2 Å². The highest BCUT2D eigenvalue weighted by Gasteiger charge is 2.50. The number of hydrogen-bond acceptors (Lipinski definition) is 3. The first-order chi connectivity index (χ1) is 16.5. The maximum Gasteiger partial charge on any atom is 0.325 e. The van der Waals surface area contributed by atoms with E-state index in [-0.39, 0.29) is 18.5 Å². The molecule has 34 heavy (non-hydrogen) atoms. The fraction of sp³-hybridized carbons (Fsp3) is 0.321. The van der Waals surface area contributed by atoms with Crippen LogP contribution in [0.5, 0.6) is 0 Å². The predicted molar refractivity (Wildman–Crippen MR) is 132 cm³/mol. The lowest BCUT2D eigenvalue weighted by atomic mass is 9.90. The number of para-hydroxylation sites is 1. The van der Waals surface area contributed by atoms with Crippen molar-refractivity contribution in [3.05, 3.63) is 78.4 Å². The van der Waals surface area contributed by atoms with Crippen LogP contribution in [0.15, 0.2) is 72.8 Å². The van der Waals surface area contributed by atoms with Gasteiger partial charge in [-0.1, -0.05) is 73.9 Å². The first-order valence-corrected chi connectivity index (χ1v) is 12.0. The van der Waals surface area contributed by atoms with Gasteiger partial charge < -0.3 is 10.2 Å². The number of anilines is 1. The van der Waals surface area contributed by atoms with Gasteiger partial charge in [0.15, 0.2) is 0 Å². The number of benzene rings is 3. The van der Waals surface area contributed by atoms with Gasteiger partial charge in [-0.2, -0.15) is 0 Å². The van der Waals surface area contributed by atoms with Crippen molar-refractivity contribution in [1.82, 2.24) is 10.2 Å². The molecule has 3 aromatic rings. The number of rotatable bonds is 5. The lowest BCUT2D eigenvalue weighted by molar-refractivity contribution is -0.134. The van der Waals surface area contributed by atoms with Crippen molar-refractivity contribution in [3.63, 3.8) is 0 Å². The van der Waals surface area contributed by atoms with Crippen molar-refractivity contribution in [2.24, 2.45) is 0 Å². The predicted octanol–water partition coefficient (Wildman–Crippen LogP) is 4.97. The Morgan fingerprint density at radius 1 is 0.941 bits per heavy atom. The van der Waals surface area contributed by atoms with Crippen LogP contribution in [-0.2, 0) is 15.1 Å². The Morgan fingerprint density at radius 3 is 2.35 bits per heavy atom. The number of carbonyl (C=O) groups excluding carboxylic acids is 3. The minimum absolute atomic E-state index is 0.0799. The van der Waals surface area contributed by atoms with Crippen molar-refractivity contribution in [2.75, 3.05) is 11.4 Å². The number of amides is 4. The fourth-order valence-corrected chi connectivity index (χ4v) is 5.23. The van der Waals surface area contributed by atoms with Crippen LogP contribution in [0.1, 0.15) is 44.6 Å². The molecule has 0 spiro atoms. The first-order valence-electron chi connectivity index (χ1n) is 12.0. The van der Waals surface area contributed by atoms with Crippen molar-refractivity contribution in [3.8, 4) is 0 Å². The van der Waals surface area contributed by atoms with Gasteiger partial charge in [0.25, 0.3) is 5.91 Å². The summed E-state index contributed by atoms with van der Waals surface area (Å²) in [6.45, 7) is 1.43. The highest BCUT2D eigenvalue weighted by molar-refractivity contribution is 6.11. The van der Waals surface area contributed by atoms with Crippen LogP contribution in [-0.4, -0.2) is 35.3 Å². The number of hydrogen-bond donors (Lipinski definition) is 1. The standard InChI is InChI=1S/C28H29N3O3/c1-28(22-17-16-20-10-8-9-11-21(20)18-22)26(33)30(27(34)29-28)19-25(32)31(23-12-4-2-5-13-23)24-14-6-3-7-15-24/h2,4-5,8-13,16-18,24H,3,6-7,14-15,19H2,1H3,(H,29,34)/t28-/m0/s1. The number of urea groups is 1. The highest BCUT2D eigenvalue weighted by atomic mass is 16.2. The average molecular weight is 456 g/mol. The molecule has 1 N–H and O–H groups in total. The molecular weight excluding hydrogens is 426 g/mol. The molecular formula is C28H29N3O3. The molecule has 0 bridgehead atoms. The van der Waals surface area contributed by atoms with Crippen molar-refractivity contribution in [1.29, 1.82) is 0 Å². The number of fused-ring (bicyclic) bond motifs is 1. The molecule has 1 saturated carbocycles. The summed E-state index contributed by atoms with van der Waals surface area (Å²) in [5.74, 6) is -0.637. The van der Waals surface area contributed by atoms with Crippen LogP contribution in [0.25, 0.3) is 10.8 Å². The lowest BCUT2D eigenvalue weighted by Gasteiger charge is -2.35. The first kappa shape index (κ1) is 22.1. The zero-order valence-corrected chi connectivity index (χ0v) is 19.4. The third kappa shape index (κ3) is 3.94. The summed E-state index contributed by atoms with van der Waals surface area (Å²) < 4.78 is 0. The molecule has 6 nitrogen and oxygen atoms in total. The van der Waals surface area contributed by atoms with Gasteiger partial charge in [0.2, 0.25) is 5.91 Å². The molecule has 174 valence electrons. The molecule has 2 aliphatic rings. The van der Waals surface area contributed by atoms with Crippen molar-refractivity contribution < 1.29 is 14.4 Å². The zero-order chi connectivity index (χ0) is 23.7. The number of nitrogens with zero attached hydrogens (tertiary/aromatic N) is 2. The monoisotopic (exact) mass is 455 g/mol. The summed E-state index contributed by atoms with van der Waals surface area (Å²) in [7, 11) is 0. The topological polar surface area (TPSA) is 69.7 Å². The Hall–Kier alpha value is -3.67. The van der Waals surface area contributed by atoms with Gasteiger partial charge in [-0.05, 0) is 54.3 Å². The molecule has 0 unspecified atom stereocenters. The molecule has 1 aliphatic carbocycles. The van der Waals surface area contributed by atoms with Gasteiger partial charge >= 0.3 is 6.03 Å². The van der Waals surface area contributed by atoms with Gasteiger partial charge in [-0.15, -0.1) is 0 Å². The lowest BCUT2D eigenvalue weighted by Crippen LogP contribution is -2.48. The van der Waals surface area contributed by atoms with E-state index >= 15 is 0 Å². The number of nitrogens with one attached hydrogen (secondary N) is 1. The van der Waals surface area contributed by atoms with E-state index in [0.29, 0.717) is 5.56 Å². The highest BCUT2D eigenvalue weighted by Crippen LogP contribution is 2.32. The third-order valence-electron chi connectivity index (χ3n) is 7.14. The summed E-state index contributed by atoms with van der Waals surface area (Å²) in [5, 5.41) is 4.89. The van der Waals surface area contributed by atoms with Gasteiger partial charge in [-0.3, -0.25) is 14.5 Å². The normalized spacial score (nSPS) is 21.0. The molecule has 0 radical (unpaired) electrons. The van der Waals surface area contributed by atoms with E-state index in [9.17, 15) is 14.4 Å². The molecule has 1 saturated heterocycles. The maximum absolute atomic E-state index is 13.6. The fourth-order valence-electron chi connectivity index (χ4n) is 5.23. The third-order valence-corrected chi connectivity index (χ3v) is 7.14. The van der Waals surface area contributed by atoms with Gasteiger partial charge in [0.05, 0.1) is 0 Å². The average Bonchev–Trinajstić information content (AvgIpc) is 3.09. The smallest absolute Gasteiger partial charge is 0.319 e. The van der Waals surface area contributed by atoms with Gasteiger partial charge in [0.1, 0.15) is 12.1 Å². The van der Waals surface area contributed by atoms with Gasteiger partial charge in [-0.25, -0.2) is 4.79 Å². The molecule has 6 heteroatoms. The summed E-state index contributed by atoms with van der Waals surface area (Å²) in [4.78, 5) is 42.9. The molecule has 1 heterocycles. The quantitative estimate of drug-likeness (QED) is 0.552. The molecule has 1 aliphatic heterocycles. The summed E-state index contributed by atoms with van der Waals surface area (Å²) in [5.41, 5.74) is 0.291. The second kappa shape index (κ2) is 8.93. The minimum atomic E-state index is -1.22. The van der Waals surface area contributed by atoms with E-state index in [2.05, 4.69) is 5.32 Å². The summed E-state index contributed by atoms with van der Waals surface area (Å²) in [6, 6.07) is 22.7. The van der Waals surface area contributed by atoms with E-state index in [4.69, 9.17) is 0 Å². The van der Waals surface area contributed by atoms with E-state index in [1.165, 1.54) is 6.42 Å². The zero-order valence-electron chi connectivity index (χ0n) is 19.4. The Labute approximate surface area is 199 Å². The minimum Gasteiger partial charge on any atom is -0.319 e. The number of carbonyl (C=O) groups is 3. The SMILES string of the molecule is C[C@@]1(c2ccc3ccccc3c2)NC(=O)N(CC(=O)N(c2ccccc2)C2CCCCC2)C1=O. The van der Waals surface area contributed by atoms with Crippen LogP contribution in [0, 0.1) is 0 Å². The second-order valence-corrected chi connectivity index (χ2v) is 9.40. The molecule has 3 aromatic carbocycles. The van der Waals surface area contributed by atoms with Crippen molar-refractivity contribution in [2.45, 2.75) is 50.6 Å². The number of imide groups is 1. The van der Waals surface area contributed by atoms with E-state index < -0.39 is 17.5 Å².